The number of carbonyl (C=O) groups excluding carboxylic acids is 3. The van der Waals surface area contributed by atoms with Gasteiger partial charge in [0, 0.05) is 19.3 Å². The third-order valence-electron chi connectivity index (χ3n) is 11.3. The zero-order valence-electron chi connectivity index (χ0n) is 47.2. The van der Waals surface area contributed by atoms with Gasteiger partial charge in [-0.3, -0.25) is 23.4 Å². The maximum absolute atomic E-state index is 12.9. The second-order valence-corrected chi connectivity index (χ2v) is 19.8. The number of aliphatic hydroxyl groups excluding tert-OH is 1. The number of esters is 3. The van der Waals surface area contributed by atoms with Crippen LogP contribution in [0.5, 0.6) is 0 Å². The van der Waals surface area contributed by atoms with E-state index < -0.39 is 57.8 Å². The van der Waals surface area contributed by atoms with Crippen LogP contribution in [0.3, 0.4) is 0 Å². The summed E-state index contributed by atoms with van der Waals surface area (Å²) in [5.74, 6) is -1.62. The Morgan fingerprint density at radius 1 is 0.368 bits per heavy atom. The number of aliphatic hydroxyl groups is 1. The predicted octanol–water partition coefficient (Wildman–Crippen LogP) is 17.1. The molecule has 0 radical (unpaired) electrons. The Bertz CT molecular complexity index is 1830. The molecule has 0 aromatic rings. The smallest absolute Gasteiger partial charge is 0.462 e. The zero-order valence-corrected chi connectivity index (χ0v) is 48.0. The molecule has 0 bridgehead atoms. The molecule has 3 atom stereocenters. The molecule has 0 aliphatic heterocycles. The quantitative estimate of drug-likeness (QED) is 0.0197. The molecule has 3 unspecified atom stereocenters. The number of allylic oxidation sites excluding steroid dienone is 24. The number of hydrogen-bond donors (Lipinski definition) is 2. The van der Waals surface area contributed by atoms with Crippen molar-refractivity contribution in [3.63, 3.8) is 0 Å². The minimum atomic E-state index is -4.79. The predicted molar refractivity (Wildman–Crippen MR) is 316 cm³/mol. The van der Waals surface area contributed by atoms with Gasteiger partial charge in [0.1, 0.15) is 12.7 Å². The van der Waals surface area contributed by atoms with Crippen molar-refractivity contribution >= 4 is 25.7 Å². The van der Waals surface area contributed by atoms with Crippen molar-refractivity contribution in [1.82, 2.24) is 0 Å². The van der Waals surface area contributed by atoms with Crippen LogP contribution in [0.15, 0.2) is 146 Å². The molecule has 2 N–H and O–H groups in total. The lowest BCUT2D eigenvalue weighted by molar-refractivity contribution is -0.161. The van der Waals surface area contributed by atoms with E-state index >= 15 is 0 Å². The first kappa shape index (κ1) is 71.4. The number of phosphoric acid groups is 1. The number of phosphoric ester groups is 1. The molecular formula is C64H101O11P. The van der Waals surface area contributed by atoms with Crippen LogP contribution in [-0.2, 0) is 42.2 Å². The fourth-order valence-corrected chi connectivity index (χ4v) is 7.78. The van der Waals surface area contributed by atoms with Crippen molar-refractivity contribution in [2.45, 2.75) is 213 Å². The van der Waals surface area contributed by atoms with E-state index in [1.807, 2.05) is 18.2 Å². The van der Waals surface area contributed by atoms with E-state index in [4.69, 9.17) is 23.3 Å². The van der Waals surface area contributed by atoms with E-state index in [2.05, 4.69) is 148 Å². The van der Waals surface area contributed by atoms with Crippen molar-refractivity contribution in [3.05, 3.63) is 146 Å². The number of ether oxygens (including phenoxy) is 3. The number of carbonyl (C=O) groups is 3. The monoisotopic (exact) mass is 1080 g/mol. The summed E-state index contributed by atoms with van der Waals surface area (Å²) in [4.78, 5) is 48.5. The summed E-state index contributed by atoms with van der Waals surface area (Å²) in [5, 5.41) is 9.79. The van der Waals surface area contributed by atoms with Crippen molar-refractivity contribution < 1.29 is 52.2 Å². The topological polar surface area (TPSA) is 155 Å². The summed E-state index contributed by atoms with van der Waals surface area (Å²) in [6, 6.07) is 0. The third kappa shape index (κ3) is 54.2. The second-order valence-electron chi connectivity index (χ2n) is 18.3. The molecule has 428 valence electrons. The molecule has 0 aliphatic rings. The molecule has 0 saturated carbocycles. The standard InChI is InChI=1S/C64H101O11P/c1-4-7-10-13-16-19-22-25-27-29-30-32-33-36-38-41-44-47-50-53-62(66)71-57-61(75-64(68)55-52-49-46-43-40-37-34-31-28-26-23-20-17-14-11-8-5-2)59-73-76(69,70)72-58-60(56-65)74-63(67)54-51-48-45-42-39-35-24-21-18-15-12-9-6-3/h7-12,16-21,25-28,30,32,35-36,38-39,45,48,60-61,65H,4-6,13-15,22-24,29,31,33-34,37,40-44,46-47,49-59H2,1-3H3,(H,69,70)/b10-7-,11-8-,12-9-,19-16-,20-17-,21-18-,27-25-,28-26-,32-30-,38-36-,39-35-,48-45-. The highest BCUT2D eigenvalue weighted by Crippen LogP contribution is 2.43. The summed E-state index contributed by atoms with van der Waals surface area (Å²) in [6.45, 7) is 4.15. The SMILES string of the molecule is CC/C=C\C/C=C\C/C=C\C/C=C\C/C=C\CCCCCC(=O)OCC(COP(=O)(O)OCC(CO)OC(=O)CC/C=C\C/C=C\C/C=C\C/C=C\CC)OC(=O)CCCCCCCCC/C=C\C/C=C\C/C=C\CC. The van der Waals surface area contributed by atoms with Gasteiger partial charge in [0.05, 0.1) is 19.8 Å². The number of rotatable bonds is 51. The second kappa shape index (κ2) is 56.6. The van der Waals surface area contributed by atoms with Crippen LogP contribution in [0.25, 0.3) is 0 Å². The lowest BCUT2D eigenvalue weighted by Gasteiger charge is -2.21. The molecule has 0 amide bonds. The highest BCUT2D eigenvalue weighted by atomic mass is 31.2. The highest BCUT2D eigenvalue weighted by molar-refractivity contribution is 7.47. The molecule has 0 fully saturated rings. The van der Waals surface area contributed by atoms with Crippen molar-refractivity contribution in [2.24, 2.45) is 0 Å². The average Bonchev–Trinajstić information content (AvgIpc) is 3.41. The number of unbranched alkanes of at least 4 members (excludes halogenated alkanes) is 10. The number of hydrogen-bond acceptors (Lipinski definition) is 10. The van der Waals surface area contributed by atoms with Gasteiger partial charge in [-0.25, -0.2) is 4.57 Å². The van der Waals surface area contributed by atoms with E-state index in [9.17, 15) is 28.9 Å². The average molecular weight is 1080 g/mol. The summed E-state index contributed by atoms with van der Waals surface area (Å²) in [7, 11) is -4.79. The maximum Gasteiger partial charge on any atom is 0.472 e. The van der Waals surface area contributed by atoms with E-state index in [0.717, 1.165) is 141 Å². The first-order valence-corrected chi connectivity index (χ1v) is 30.2. The first-order valence-electron chi connectivity index (χ1n) is 28.7. The van der Waals surface area contributed by atoms with Crippen LogP contribution in [0.2, 0.25) is 0 Å². The van der Waals surface area contributed by atoms with Crippen molar-refractivity contribution in [1.29, 1.82) is 0 Å². The van der Waals surface area contributed by atoms with Gasteiger partial charge in [0.15, 0.2) is 6.10 Å². The van der Waals surface area contributed by atoms with Gasteiger partial charge in [0.25, 0.3) is 0 Å². The molecule has 0 aliphatic carbocycles. The van der Waals surface area contributed by atoms with Crippen molar-refractivity contribution in [2.75, 3.05) is 26.4 Å². The summed E-state index contributed by atoms with van der Waals surface area (Å²) in [6.07, 6.45) is 72.5. The molecule has 0 rings (SSSR count). The Kier molecular flexibility index (Phi) is 53.1. The molecular weight excluding hydrogens is 976 g/mol. The van der Waals surface area contributed by atoms with E-state index in [1.165, 1.54) is 0 Å². The van der Waals surface area contributed by atoms with Crippen LogP contribution < -0.4 is 0 Å². The Balaban J connectivity index is 4.88. The summed E-state index contributed by atoms with van der Waals surface area (Å²) < 4.78 is 39.4. The van der Waals surface area contributed by atoms with Gasteiger partial charge in [-0.05, 0) is 122 Å². The Morgan fingerprint density at radius 2 is 0.671 bits per heavy atom. The van der Waals surface area contributed by atoms with Crippen LogP contribution in [0.1, 0.15) is 201 Å². The van der Waals surface area contributed by atoms with Crippen LogP contribution >= 0.6 is 7.82 Å². The molecule has 76 heavy (non-hydrogen) atoms. The van der Waals surface area contributed by atoms with Crippen LogP contribution in [0.4, 0.5) is 0 Å². The highest BCUT2D eigenvalue weighted by Gasteiger charge is 2.28. The van der Waals surface area contributed by atoms with E-state index in [0.29, 0.717) is 19.3 Å². The first-order chi connectivity index (χ1) is 37.2. The molecule has 0 aromatic heterocycles. The lowest BCUT2D eigenvalue weighted by atomic mass is 10.1. The van der Waals surface area contributed by atoms with Gasteiger partial charge in [0.2, 0.25) is 0 Å². The molecule has 12 heteroatoms. The summed E-state index contributed by atoms with van der Waals surface area (Å²) in [5.41, 5.74) is 0. The van der Waals surface area contributed by atoms with Gasteiger partial charge in [-0.2, -0.15) is 0 Å². The van der Waals surface area contributed by atoms with Crippen LogP contribution in [-0.4, -0.2) is 66.5 Å². The summed E-state index contributed by atoms with van der Waals surface area (Å²) >= 11 is 0. The van der Waals surface area contributed by atoms with E-state index in [-0.39, 0.29) is 25.9 Å². The van der Waals surface area contributed by atoms with Crippen molar-refractivity contribution in [3.8, 4) is 0 Å². The fourth-order valence-electron chi connectivity index (χ4n) is 7.00. The molecule has 0 saturated heterocycles. The van der Waals surface area contributed by atoms with Gasteiger partial charge in [-0.1, -0.05) is 205 Å². The van der Waals surface area contributed by atoms with Gasteiger partial charge >= 0.3 is 25.7 Å². The maximum atomic E-state index is 12.9. The van der Waals surface area contributed by atoms with Gasteiger partial charge in [-0.15, -0.1) is 0 Å². The fraction of sp³-hybridized carbons (Fsp3) is 0.578. The molecule has 0 heterocycles. The normalized spacial score (nSPS) is 14.4. The minimum Gasteiger partial charge on any atom is -0.462 e. The van der Waals surface area contributed by atoms with Gasteiger partial charge < -0.3 is 24.2 Å². The minimum absolute atomic E-state index is 0.0452. The Labute approximate surface area is 461 Å². The van der Waals surface area contributed by atoms with E-state index in [1.54, 1.807) is 0 Å². The Morgan fingerprint density at radius 3 is 1.08 bits per heavy atom. The zero-order chi connectivity index (χ0) is 55.5. The molecule has 0 spiro atoms. The largest absolute Gasteiger partial charge is 0.472 e. The molecule has 0 aromatic carbocycles. The third-order valence-corrected chi connectivity index (χ3v) is 12.2. The lowest BCUT2D eigenvalue weighted by Crippen LogP contribution is -2.30. The Hall–Kier alpha value is -4.64. The molecule has 11 nitrogen and oxygen atoms in total. The van der Waals surface area contributed by atoms with Crippen LogP contribution in [0, 0.1) is 0 Å².